The number of rotatable bonds is 10. The van der Waals surface area contributed by atoms with E-state index in [1.165, 1.54) is 53.4 Å². The number of hydrogen-bond donors (Lipinski definition) is 3. The normalized spacial score (nSPS) is 11.1. The number of anilines is 2. The Labute approximate surface area is 276 Å². The molecule has 0 aliphatic carbocycles. The number of carbonyl (C=O) groups is 3. The molecule has 0 aliphatic rings. The molecule has 3 amide bonds. The van der Waals surface area contributed by atoms with Crippen LogP contribution in [0.3, 0.4) is 0 Å². The van der Waals surface area contributed by atoms with Crippen LogP contribution in [-0.4, -0.2) is 28.5 Å². The van der Waals surface area contributed by atoms with E-state index < -0.39 is 17.6 Å². The molecule has 7 nitrogen and oxygen atoms in total. The largest absolute Gasteiger partial charge is 0.321 e. The number of thioether (sulfide) groups is 1. The molecule has 0 fully saturated rings. The molecule has 4 aromatic carbocycles. The maximum atomic E-state index is 13.4. The summed E-state index contributed by atoms with van der Waals surface area (Å²) in [5, 5.41) is 11.4. The Morgan fingerprint density at radius 2 is 1.64 bits per heavy atom. The van der Waals surface area contributed by atoms with Gasteiger partial charge in [0.2, 0.25) is 5.91 Å². The molecule has 1 heterocycles. The average molecular weight is 678 g/mol. The Morgan fingerprint density at radius 3 is 2.40 bits per heavy atom. The van der Waals surface area contributed by atoms with Crippen LogP contribution >= 0.6 is 46.3 Å². The quantitative estimate of drug-likeness (QED) is 0.102. The lowest BCUT2D eigenvalue weighted by molar-refractivity contribution is -0.114. The maximum absolute atomic E-state index is 13.4. The molecule has 5 aromatic rings. The summed E-state index contributed by atoms with van der Waals surface area (Å²) in [7, 11) is 0. The molecule has 45 heavy (non-hydrogen) atoms. The zero-order valence-electron chi connectivity index (χ0n) is 23.2. The van der Waals surface area contributed by atoms with E-state index in [4.69, 9.17) is 23.2 Å². The topological polar surface area (TPSA) is 100 Å². The minimum Gasteiger partial charge on any atom is -0.321 e. The zero-order chi connectivity index (χ0) is 31.8. The SMILES string of the molecule is O=C(CSc1cccc(NC(=O)/C(=C/c2ccc(F)cc2)NC(=O)c2ccccc2)c1)Nc1nc(-c2ccc(Cl)c(Cl)c2)cs1. The third-order valence-electron chi connectivity index (χ3n) is 6.14. The number of nitrogens with one attached hydrogen (secondary N) is 3. The van der Waals surface area contributed by atoms with E-state index in [0.29, 0.717) is 37.7 Å². The summed E-state index contributed by atoms with van der Waals surface area (Å²) in [5.41, 5.74) is 2.76. The first-order chi connectivity index (χ1) is 21.7. The number of hydrogen-bond acceptors (Lipinski definition) is 6. The highest BCUT2D eigenvalue weighted by Crippen LogP contribution is 2.31. The molecule has 226 valence electrons. The smallest absolute Gasteiger partial charge is 0.272 e. The third-order valence-corrected chi connectivity index (χ3v) is 8.63. The Hall–Kier alpha value is -4.48. The van der Waals surface area contributed by atoms with Crippen molar-refractivity contribution in [2.24, 2.45) is 0 Å². The molecule has 0 atom stereocenters. The monoisotopic (exact) mass is 676 g/mol. The molecule has 3 N–H and O–H groups in total. The van der Waals surface area contributed by atoms with E-state index >= 15 is 0 Å². The van der Waals surface area contributed by atoms with Crippen LogP contribution in [0.25, 0.3) is 17.3 Å². The summed E-state index contributed by atoms with van der Waals surface area (Å²) in [6.07, 6.45) is 1.46. The Balaban J connectivity index is 1.22. The highest BCUT2D eigenvalue weighted by atomic mass is 35.5. The fraction of sp³-hybridized carbons (Fsp3) is 0.0303. The summed E-state index contributed by atoms with van der Waals surface area (Å²) < 4.78 is 13.4. The number of nitrogens with zero attached hydrogens (tertiary/aromatic N) is 1. The second kappa shape index (κ2) is 15.0. The van der Waals surface area contributed by atoms with E-state index in [9.17, 15) is 18.8 Å². The van der Waals surface area contributed by atoms with Crippen LogP contribution in [-0.2, 0) is 9.59 Å². The van der Waals surface area contributed by atoms with E-state index in [1.54, 1.807) is 66.7 Å². The molecule has 0 saturated heterocycles. The van der Waals surface area contributed by atoms with Gasteiger partial charge in [-0.05, 0) is 66.2 Å². The minimum atomic E-state index is -0.579. The fourth-order valence-electron chi connectivity index (χ4n) is 3.95. The lowest BCUT2D eigenvalue weighted by Crippen LogP contribution is -2.30. The predicted molar refractivity (Wildman–Crippen MR) is 180 cm³/mol. The number of aromatic nitrogens is 1. The van der Waals surface area contributed by atoms with Gasteiger partial charge in [-0.25, -0.2) is 9.37 Å². The molecular weight excluding hydrogens is 654 g/mol. The van der Waals surface area contributed by atoms with Crippen LogP contribution in [0.1, 0.15) is 15.9 Å². The van der Waals surface area contributed by atoms with Crippen molar-refractivity contribution in [3.8, 4) is 11.3 Å². The van der Waals surface area contributed by atoms with Gasteiger partial charge >= 0.3 is 0 Å². The third kappa shape index (κ3) is 9.02. The number of thiazole rings is 1. The first-order valence-corrected chi connectivity index (χ1v) is 15.9. The molecule has 0 radical (unpaired) electrons. The average Bonchev–Trinajstić information content (AvgIpc) is 3.51. The van der Waals surface area contributed by atoms with Crippen molar-refractivity contribution in [2.45, 2.75) is 4.90 Å². The molecule has 0 aliphatic heterocycles. The maximum Gasteiger partial charge on any atom is 0.272 e. The zero-order valence-corrected chi connectivity index (χ0v) is 26.4. The van der Waals surface area contributed by atoms with Crippen molar-refractivity contribution in [3.05, 3.63) is 135 Å². The van der Waals surface area contributed by atoms with Gasteiger partial charge in [0.05, 0.1) is 21.5 Å². The second-order valence-electron chi connectivity index (χ2n) is 9.42. The van der Waals surface area contributed by atoms with E-state index in [2.05, 4.69) is 20.9 Å². The van der Waals surface area contributed by atoms with Crippen LogP contribution < -0.4 is 16.0 Å². The van der Waals surface area contributed by atoms with E-state index in [0.717, 1.165) is 10.5 Å². The van der Waals surface area contributed by atoms with Gasteiger partial charge < -0.3 is 16.0 Å². The molecule has 1 aromatic heterocycles. The fourth-order valence-corrected chi connectivity index (χ4v) is 5.74. The summed E-state index contributed by atoms with van der Waals surface area (Å²) in [6.45, 7) is 0. The van der Waals surface area contributed by atoms with Gasteiger partial charge in [0.25, 0.3) is 11.8 Å². The van der Waals surface area contributed by atoms with Crippen molar-refractivity contribution >= 4 is 80.9 Å². The standard InChI is InChI=1S/C33H23Cl2FN4O3S2/c34-26-14-11-22(16-27(26)35)29-18-45-33(39-29)40-30(41)19-44-25-8-4-7-24(17-25)37-32(43)28(15-20-9-12-23(36)13-10-20)38-31(42)21-5-2-1-3-6-21/h1-18H,19H2,(H,37,43)(H,38,42)(H,39,40,41)/b28-15-. The number of carbonyl (C=O) groups excluding carboxylic acids is 3. The van der Waals surface area contributed by atoms with Gasteiger partial charge in [0.1, 0.15) is 11.5 Å². The van der Waals surface area contributed by atoms with Crippen LogP contribution in [0.15, 0.2) is 113 Å². The molecule has 0 unspecified atom stereocenters. The van der Waals surface area contributed by atoms with Crippen molar-refractivity contribution in [2.75, 3.05) is 16.4 Å². The number of benzene rings is 4. The van der Waals surface area contributed by atoms with Gasteiger partial charge in [-0.15, -0.1) is 23.1 Å². The minimum absolute atomic E-state index is 0.0309. The summed E-state index contributed by atoms with van der Waals surface area (Å²) in [4.78, 5) is 44.0. The highest BCUT2D eigenvalue weighted by molar-refractivity contribution is 8.00. The van der Waals surface area contributed by atoms with Crippen molar-refractivity contribution < 1.29 is 18.8 Å². The number of halogens is 3. The van der Waals surface area contributed by atoms with Gasteiger partial charge in [-0.1, -0.05) is 65.7 Å². The van der Waals surface area contributed by atoms with Crippen LogP contribution in [0.4, 0.5) is 15.2 Å². The summed E-state index contributed by atoms with van der Waals surface area (Å²) in [5.74, 6) is -1.63. The predicted octanol–water partition coefficient (Wildman–Crippen LogP) is 8.40. The Bertz CT molecular complexity index is 1880. The van der Waals surface area contributed by atoms with Crippen LogP contribution in [0, 0.1) is 5.82 Å². The molecule has 0 spiro atoms. The van der Waals surface area contributed by atoms with Gasteiger partial charge in [-0.2, -0.15) is 0 Å². The lowest BCUT2D eigenvalue weighted by Gasteiger charge is -2.12. The van der Waals surface area contributed by atoms with Crippen molar-refractivity contribution in [1.82, 2.24) is 10.3 Å². The van der Waals surface area contributed by atoms with Crippen LogP contribution in [0.5, 0.6) is 0 Å². The molecule has 0 saturated carbocycles. The molecule has 12 heteroatoms. The van der Waals surface area contributed by atoms with E-state index in [-0.39, 0.29) is 17.4 Å². The Kier molecular flexibility index (Phi) is 10.6. The number of amides is 3. The molecule has 0 bridgehead atoms. The second-order valence-corrected chi connectivity index (χ2v) is 12.1. The first-order valence-electron chi connectivity index (χ1n) is 13.3. The van der Waals surface area contributed by atoms with Gasteiger partial charge in [0.15, 0.2) is 5.13 Å². The van der Waals surface area contributed by atoms with Gasteiger partial charge in [0, 0.05) is 27.1 Å². The van der Waals surface area contributed by atoms with Crippen molar-refractivity contribution in [1.29, 1.82) is 0 Å². The summed E-state index contributed by atoms with van der Waals surface area (Å²) >= 11 is 14.7. The molecular formula is C33H23Cl2FN4O3S2. The Morgan fingerprint density at radius 1 is 0.867 bits per heavy atom. The molecule has 5 rings (SSSR count). The van der Waals surface area contributed by atoms with Gasteiger partial charge in [-0.3, -0.25) is 14.4 Å². The lowest BCUT2D eigenvalue weighted by atomic mass is 10.1. The summed E-state index contributed by atoms with van der Waals surface area (Å²) in [6, 6.07) is 26.2. The van der Waals surface area contributed by atoms with E-state index in [1.807, 2.05) is 11.4 Å². The first kappa shape index (κ1) is 31.9. The van der Waals surface area contributed by atoms with Crippen LogP contribution in [0.2, 0.25) is 10.0 Å². The van der Waals surface area contributed by atoms with Crippen molar-refractivity contribution in [3.63, 3.8) is 0 Å². The highest BCUT2D eigenvalue weighted by Gasteiger charge is 2.16.